The number of benzene rings is 2. The zero-order chi connectivity index (χ0) is 27.5. The Morgan fingerprint density at radius 1 is 1.22 bits per heavy atom. The van der Waals surface area contributed by atoms with E-state index in [9.17, 15) is 4.79 Å². The summed E-state index contributed by atoms with van der Waals surface area (Å²) >= 11 is 0. The molecule has 1 atom stereocenters. The third kappa shape index (κ3) is 8.05. The molecule has 3 N–H and O–H groups in total. The highest BCUT2D eigenvalue weighted by Crippen LogP contribution is 2.32. The number of carbonyl (C=O) groups is 1. The predicted molar refractivity (Wildman–Crippen MR) is 154 cm³/mol. The Bertz CT molecular complexity index is 1150. The number of ketones is 1. The molecule has 2 aromatic rings. The highest BCUT2D eigenvalue weighted by Gasteiger charge is 2.29. The smallest absolute Gasteiger partial charge is 0.193 e. The molecule has 2 aromatic carbocycles. The molecule has 0 aliphatic carbocycles. The molecular weight excluding hydrogens is 462 g/mol. The Labute approximate surface area is 222 Å². The van der Waals surface area contributed by atoms with E-state index in [-0.39, 0.29) is 17.6 Å². The first-order valence-corrected chi connectivity index (χ1v) is 12.9. The fourth-order valence-corrected chi connectivity index (χ4v) is 4.36. The van der Waals surface area contributed by atoms with E-state index in [1.165, 1.54) is 32.7 Å². The lowest BCUT2D eigenvalue weighted by Crippen LogP contribution is -2.29. The number of nitrogens with one attached hydrogen (secondary N) is 1. The lowest BCUT2D eigenvalue weighted by Gasteiger charge is -2.26. The summed E-state index contributed by atoms with van der Waals surface area (Å²) in [6.45, 7) is 9.71. The summed E-state index contributed by atoms with van der Waals surface area (Å²) in [5.74, 6) is 0.923. The minimum absolute atomic E-state index is 0.0831. The van der Waals surface area contributed by atoms with Crippen molar-refractivity contribution < 1.29 is 14.3 Å². The number of rotatable bonds is 9. The fraction of sp³-hybridized carbons (Fsp3) is 0.419. The normalized spacial score (nSPS) is 15.6. The zero-order valence-corrected chi connectivity index (χ0v) is 23.5. The van der Waals surface area contributed by atoms with E-state index in [0.717, 1.165) is 33.6 Å². The number of ether oxygens (including phenoxy) is 2. The lowest BCUT2D eigenvalue weighted by atomic mass is 9.85. The molecule has 0 radical (unpaired) electrons. The number of carbonyl (C=O) groups excluding carboxylic acids is 1. The number of hydrogen-bond acceptors (Lipinski definition) is 6. The zero-order valence-electron chi connectivity index (χ0n) is 23.5. The van der Waals surface area contributed by atoms with Gasteiger partial charge in [-0.1, -0.05) is 55.3 Å². The standard InChI is InChI=1S/C25H28N2O3.C6H15N/c1-5-20(21-8-7-17(11-16(21)3)22(13-26)25(27)29-4)24(28)19-12-18-10-15(2)6-9-23(18)30-14-19;1-4-5-6-7(2)3/h5-11,13,19,26H,12,14,27H2,1-4H3;4-6H2,1-3H3/b20-5+,25-22-,26-13?;. The van der Waals surface area contributed by atoms with Gasteiger partial charge in [-0.05, 0) is 82.6 Å². The van der Waals surface area contributed by atoms with Crippen molar-refractivity contribution in [1.82, 2.24) is 4.90 Å². The van der Waals surface area contributed by atoms with E-state index in [2.05, 4.69) is 32.0 Å². The topological polar surface area (TPSA) is 88.6 Å². The maximum atomic E-state index is 13.4. The maximum absolute atomic E-state index is 13.4. The minimum Gasteiger partial charge on any atom is -0.493 e. The first-order chi connectivity index (χ1) is 17.7. The molecule has 1 unspecified atom stereocenters. The number of unbranched alkanes of at least 4 members (excludes halogenated alkanes) is 1. The molecule has 0 fully saturated rings. The van der Waals surface area contributed by atoms with Crippen LogP contribution in [0.2, 0.25) is 0 Å². The molecule has 0 aromatic heterocycles. The molecule has 0 amide bonds. The van der Waals surface area contributed by atoms with Gasteiger partial charge in [0.2, 0.25) is 0 Å². The molecule has 1 aliphatic rings. The third-order valence-electron chi connectivity index (χ3n) is 6.46. The Kier molecular flexibility index (Phi) is 11.6. The molecule has 200 valence electrons. The van der Waals surface area contributed by atoms with Gasteiger partial charge in [-0.25, -0.2) is 0 Å². The van der Waals surface area contributed by atoms with E-state index in [1.54, 1.807) is 0 Å². The highest BCUT2D eigenvalue weighted by atomic mass is 16.5. The van der Waals surface area contributed by atoms with Gasteiger partial charge in [0.05, 0.1) is 25.2 Å². The second-order valence-corrected chi connectivity index (χ2v) is 9.70. The van der Waals surface area contributed by atoms with Crippen molar-refractivity contribution in [1.29, 1.82) is 5.41 Å². The fourth-order valence-electron chi connectivity index (χ4n) is 4.36. The molecule has 6 nitrogen and oxygen atoms in total. The second-order valence-electron chi connectivity index (χ2n) is 9.70. The molecule has 37 heavy (non-hydrogen) atoms. The van der Waals surface area contributed by atoms with Crippen LogP contribution in [0, 0.1) is 25.2 Å². The van der Waals surface area contributed by atoms with Crippen molar-refractivity contribution in [2.75, 3.05) is 34.4 Å². The third-order valence-corrected chi connectivity index (χ3v) is 6.46. The largest absolute Gasteiger partial charge is 0.493 e. The summed E-state index contributed by atoms with van der Waals surface area (Å²) < 4.78 is 10.9. The summed E-state index contributed by atoms with van der Waals surface area (Å²) in [5.41, 5.74) is 11.9. The first kappa shape index (κ1) is 29.8. The summed E-state index contributed by atoms with van der Waals surface area (Å²) in [4.78, 5) is 15.6. The van der Waals surface area contributed by atoms with Crippen LogP contribution in [0.1, 0.15) is 54.5 Å². The van der Waals surface area contributed by atoms with E-state index in [0.29, 0.717) is 24.2 Å². The van der Waals surface area contributed by atoms with Crippen LogP contribution in [0.15, 0.2) is 48.4 Å². The van der Waals surface area contributed by atoms with E-state index in [4.69, 9.17) is 20.6 Å². The van der Waals surface area contributed by atoms with Crippen LogP contribution in [0.5, 0.6) is 5.75 Å². The average Bonchev–Trinajstić information content (AvgIpc) is 2.89. The molecule has 1 heterocycles. The number of Topliss-reactive ketones (excluding diaryl/α,β-unsaturated/α-hetero) is 1. The van der Waals surface area contributed by atoms with Crippen LogP contribution >= 0.6 is 0 Å². The van der Waals surface area contributed by atoms with Gasteiger partial charge in [0, 0.05) is 11.8 Å². The van der Waals surface area contributed by atoms with Crippen molar-refractivity contribution in [3.8, 4) is 5.75 Å². The van der Waals surface area contributed by atoms with Crippen LogP contribution in [0.25, 0.3) is 11.1 Å². The van der Waals surface area contributed by atoms with Crippen molar-refractivity contribution in [3.05, 3.63) is 76.2 Å². The second kappa shape index (κ2) is 14.4. The van der Waals surface area contributed by atoms with E-state index < -0.39 is 0 Å². The maximum Gasteiger partial charge on any atom is 0.193 e. The summed E-state index contributed by atoms with van der Waals surface area (Å²) in [6, 6.07) is 11.8. The molecular formula is C31H43N3O3. The quantitative estimate of drug-likeness (QED) is 0.255. The first-order valence-electron chi connectivity index (χ1n) is 12.9. The van der Waals surface area contributed by atoms with Crippen molar-refractivity contribution in [3.63, 3.8) is 0 Å². The van der Waals surface area contributed by atoms with Crippen LogP contribution in [0.4, 0.5) is 0 Å². The number of nitrogens with zero attached hydrogens (tertiary/aromatic N) is 1. The number of methoxy groups -OCH3 is 1. The van der Waals surface area contributed by atoms with E-state index in [1.807, 2.05) is 57.2 Å². The van der Waals surface area contributed by atoms with Crippen LogP contribution in [-0.4, -0.2) is 51.3 Å². The molecule has 0 bridgehead atoms. The highest BCUT2D eigenvalue weighted by molar-refractivity contribution is 6.22. The van der Waals surface area contributed by atoms with Crippen molar-refractivity contribution in [2.24, 2.45) is 11.7 Å². The predicted octanol–water partition coefficient (Wildman–Crippen LogP) is 5.80. The van der Waals surface area contributed by atoms with Gasteiger partial charge in [0.1, 0.15) is 5.75 Å². The number of hydrogen-bond donors (Lipinski definition) is 2. The molecule has 6 heteroatoms. The summed E-state index contributed by atoms with van der Waals surface area (Å²) in [7, 11) is 5.69. The summed E-state index contributed by atoms with van der Waals surface area (Å²) in [5, 5.41) is 7.63. The van der Waals surface area contributed by atoms with Crippen LogP contribution in [-0.2, 0) is 16.0 Å². The Hall–Kier alpha value is -3.38. The number of fused-ring (bicyclic) bond motifs is 1. The van der Waals surface area contributed by atoms with Gasteiger partial charge in [0.25, 0.3) is 0 Å². The van der Waals surface area contributed by atoms with Gasteiger partial charge in [-0.2, -0.15) is 0 Å². The van der Waals surface area contributed by atoms with E-state index >= 15 is 0 Å². The van der Waals surface area contributed by atoms with Gasteiger partial charge in [-0.15, -0.1) is 0 Å². The van der Waals surface area contributed by atoms with Gasteiger partial charge >= 0.3 is 0 Å². The van der Waals surface area contributed by atoms with Gasteiger partial charge in [0.15, 0.2) is 11.7 Å². The monoisotopic (exact) mass is 505 g/mol. The minimum atomic E-state index is -0.217. The van der Waals surface area contributed by atoms with Crippen LogP contribution < -0.4 is 10.5 Å². The Balaban J connectivity index is 0.000000604. The number of nitrogens with two attached hydrogens (primary N) is 1. The lowest BCUT2D eigenvalue weighted by molar-refractivity contribution is -0.118. The van der Waals surface area contributed by atoms with Gasteiger partial charge in [-0.3, -0.25) is 4.79 Å². The molecule has 1 aliphatic heterocycles. The molecule has 0 saturated heterocycles. The average molecular weight is 506 g/mol. The molecule has 3 rings (SSSR count). The molecule has 0 spiro atoms. The van der Waals surface area contributed by atoms with Crippen molar-refractivity contribution in [2.45, 2.75) is 47.0 Å². The SMILES string of the molecule is C/C=C(/C(=O)C1COc2ccc(C)cc2C1)c1ccc(/C(C=N)=C(/N)OC)cc1C.CCCCN(C)C. The Morgan fingerprint density at radius 3 is 2.49 bits per heavy atom. The summed E-state index contributed by atoms with van der Waals surface area (Å²) in [6.07, 6.45) is 6.35. The van der Waals surface area contributed by atoms with Crippen LogP contribution in [0.3, 0.4) is 0 Å². The van der Waals surface area contributed by atoms with Gasteiger partial charge < -0.3 is 25.5 Å². The molecule has 0 saturated carbocycles. The number of allylic oxidation sites excluding steroid dienone is 3. The Morgan fingerprint density at radius 2 is 1.95 bits per heavy atom. The number of aryl methyl sites for hydroxylation is 2. The van der Waals surface area contributed by atoms with Crippen molar-refractivity contribution >= 4 is 23.1 Å².